The summed E-state index contributed by atoms with van der Waals surface area (Å²) in [7, 11) is 0.714. The van der Waals surface area contributed by atoms with Crippen molar-refractivity contribution in [2.75, 3.05) is 0 Å². The molecule has 0 aromatic heterocycles. The molecule has 0 heterocycles. The van der Waals surface area contributed by atoms with Gasteiger partial charge in [-0.1, -0.05) is 0 Å². The van der Waals surface area contributed by atoms with Crippen molar-refractivity contribution in [1.82, 2.24) is 0 Å². The van der Waals surface area contributed by atoms with E-state index in [1.165, 1.54) is 12.8 Å². The van der Waals surface area contributed by atoms with E-state index >= 15 is 0 Å². The first-order chi connectivity index (χ1) is 5.91. The van der Waals surface area contributed by atoms with Crippen LogP contribution in [0.3, 0.4) is 0 Å². The Morgan fingerprint density at radius 2 is 1.75 bits per heavy atom. The molecule has 0 N–H and O–H groups in total. The Bertz CT molecular complexity index is 175. The maximum atomic E-state index is 3.26. The van der Waals surface area contributed by atoms with Crippen molar-refractivity contribution in [2.45, 2.75) is 39.5 Å². The standard InChI is InChI=1S/C10H18P2/c1-3-5-7-9-11-12-10-8-6-4-2/h11H,3-6H2,1-2,12H3. The molecule has 0 radical (unpaired) electrons. The monoisotopic (exact) mass is 200 g/mol. The molecular weight excluding hydrogens is 182 g/mol. The summed E-state index contributed by atoms with van der Waals surface area (Å²) in [5.41, 5.74) is 6.46. The van der Waals surface area contributed by atoms with E-state index in [0.717, 1.165) is 21.1 Å². The van der Waals surface area contributed by atoms with Crippen LogP contribution in [0, 0.1) is 23.2 Å². The fraction of sp³-hybridized carbons (Fsp3) is 0.600. The van der Waals surface area contributed by atoms with Crippen LogP contribution < -0.4 is 0 Å². The van der Waals surface area contributed by atoms with E-state index in [1.54, 1.807) is 0 Å². The van der Waals surface area contributed by atoms with Crippen LogP contribution in [0.1, 0.15) is 39.5 Å². The van der Waals surface area contributed by atoms with Gasteiger partial charge in [0, 0.05) is 0 Å². The third-order valence-corrected chi connectivity index (χ3v) is 3.78. The molecule has 12 heavy (non-hydrogen) atoms. The van der Waals surface area contributed by atoms with E-state index in [2.05, 4.69) is 37.0 Å². The molecule has 0 aromatic rings. The van der Waals surface area contributed by atoms with Gasteiger partial charge in [-0.05, 0) is 0 Å². The van der Waals surface area contributed by atoms with Crippen LogP contribution in [0.15, 0.2) is 0 Å². The van der Waals surface area contributed by atoms with Crippen molar-refractivity contribution < 1.29 is 0 Å². The average molecular weight is 200 g/mol. The number of unbranched alkanes of at least 4 members (excludes halogenated alkanes) is 2. The summed E-state index contributed by atoms with van der Waals surface area (Å²) in [5.74, 6) is 6.33. The molecule has 0 aliphatic carbocycles. The van der Waals surface area contributed by atoms with Gasteiger partial charge in [0.2, 0.25) is 0 Å². The molecule has 68 valence electrons. The molecule has 1 unspecified atom stereocenters. The van der Waals surface area contributed by atoms with E-state index in [0.29, 0.717) is 0 Å². The number of hydrogen-bond acceptors (Lipinski definition) is 0. The van der Waals surface area contributed by atoms with E-state index in [-0.39, 0.29) is 8.27 Å². The maximum absolute atomic E-state index is 3.26. The van der Waals surface area contributed by atoms with E-state index < -0.39 is 0 Å². The second-order valence-electron chi connectivity index (χ2n) is 2.51. The summed E-state index contributed by atoms with van der Waals surface area (Å²) < 4.78 is 0. The van der Waals surface area contributed by atoms with Crippen molar-refractivity contribution in [3.8, 4) is 23.2 Å². The van der Waals surface area contributed by atoms with Crippen molar-refractivity contribution >= 4 is 16.5 Å². The van der Waals surface area contributed by atoms with Gasteiger partial charge in [0.1, 0.15) is 0 Å². The quantitative estimate of drug-likeness (QED) is 0.372. The second kappa shape index (κ2) is 11.0. The van der Waals surface area contributed by atoms with Crippen LogP contribution in [0.4, 0.5) is 0 Å². The van der Waals surface area contributed by atoms with E-state index in [1.807, 2.05) is 0 Å². The first kappa shape index (κ1) is 12.0. The normalized spacial score (nSPS) is 9.17. The number of hydrogen-bond donors (Lipinski definition) is 0. The summed E-state index contributed by atoms with van der Waals surface area (Å²) in [6, 6.07) is 0. The molecule has 0 aromatic carbocycles. The average Bonchev–Trinajstić information content (AvgIpc) is 2.10. The molecule has 0 spiro atoms. The van der Waals surface area contributed by atoms with Gasteiger partial charge in [-0.3, -0.25) is 0 Å². The molecule has 2 heteroatoms. The van der Waals surface area contributed by atoms with E-state index in [9.17, 15) is 0 Å². The third kappa shape index (κ3) is 9.98. The summed E-state index contributed by atoms with van der Waals surface area (Å²) in [5, 5.41) is 0. The number of rotatable bonds is 3. The SMILES string of the molecule is CCCC#CP[PH3]C#CCCC. The van der Waals surface area contributed by atoms with Crippen LogP contribution in [0.2, 0.25) is 0 Å². The molecule has 0 rings (SSSR count). The molecule has 0 bridgehead atoms. The fourth-order valence-corrected chi connectivity index (χ4v) is 2.62. The van der Waals surface area contributed by atoms with Gasteiger partial charge in [-0.15, -0.1) is 0 Å². The molecule has 0 fully saturated rings. The van der Waals surface area contributed by atoms with Gasteiger partial charge in [-0.25, -0.2) is 0 Å². The third-order valence-electron chi connectivity index (χ3n) is 1.23. The predicted molar refractivity (Wildman–Crippen MR) is 64.8 cm³/mol. The van der Waals surface area contributed by atoms with Gasteiger partial charge < -0.3 is 0 Å². The van der Waals surface area contributed by atoms with Gasteiger partial charge >= 0.3 is 79.2 Å². The first-order valence-electron chi connectivity index (χ1n) is 4.58. The van der Waals surface area contributed by atoms with Crippen LogP contribution in [-0.4, -0.2) is 0 Å². The van der Waals surface area contributed by atoms with Crippen LogP contribution in [-0.2, 0) is 0 Å². The van der Waals surface area contributed by atoms with E-state index in [4.69, 9.17) is 0 Å². The molecule has 0 aliphatic rings. The Balaban J connectivity index is 3.23. The van der Waals surface area contributed by atoms with Crippen molar-refractivity contribution in [3.63, 3.8) is 0 Å². The second-order valence-corrected chi connectivity index (χ2v) is 5.94. The van der Waals surface area contributed by atoms with Crippen molar-refractivity contribution in [2.24, 2.45) is 0 Å². The zero-order valence-electron chi connectivity index (χ0n) is 8.04. The van der Waals surface area contributed by atoms with Crippen LogP contribution in [0.25, 0.3) is 0 Å². The van der Waals surface area contributed by atoms with Gasteiger partial charge in [0.25, 0.3) is 0 Å². The Labute approximate surface area is 79.7 Å². The van der Waals surface area contributed by atoms with Crippen molar-refractivity contribution in [3.05, 3.63) is 0 Å². The summed E-state index contributed by atoms with van der Waals surface area (Å²) in [6.07, 6.45) is 4.50. The zero-order chi connectivity index (χ0) is 9.07. The molecular formula is C10H18P2. The van der Waals surface area contributed by atoms with Gasteiger partial charge in [-0.2, -0.15) is 0 Å². The Morgan fingerprint density at radius 3 is 2.42 bits per heavy atom. The van der Waals surface area contributed by atoms with Crippen LogP contribution in [0.5, 0.6) is 0 Å². The predicted octanol–water partition coefficient (Wildman–Crippen LogP) is 3.25. The molecule has 0 nitrogen and oxygen atoms in total. The zero-order valence-corrected chi connectivity index (χ0v) is 10.4. The first-order valence-corrected chi connectivity index (χ1v) is 8.61. The topological polar surface area (TPSA) is 0 Å². The Hall–Kier alpha value is -0.0200. The Morgan fingerprint density at radius 1 is 1.08 bits per heavy atom. The summed E-state index contributed by atoms with van der Waals surface area (Å²) >= 11 is 0. The van der Waals surface area contributed by atoms with Crippen LogP contribution >= 0.6 is 16.5 Å². The Kier molecular flexibility index (Phi) is 11.0. The van der Waals surface area contributed by atoms with Crippen molar-refractivity contribution in [1.29, 1.82) is 0 Å². The molecule has 0 aliphatic heterocycles. The summed E-state index contributed by atoms with van der Waals surface area (Å²) in [6.45, 7) is 4.33. The fourth-order valence-electron chi connectivity index (χ4n) is 0.614. The van der Waals surface area contributed by atoms with Gasteiger partial charge in [0.15, 0.2) is 0 Å². The minimum absolute atomic E-state index is 0.144. The molecule has 0 amide bonds. The molecule has 0 saturated heterocycles. The molecule has 1 atom stereocenters. The van der Waals surface area contributed by atoms with Gasteiger partial charge in [0.05, 0.1) is 0 Å². The summed E-state index contributed by atoms with van der Waals surface area (Å²) in [4.78, 5) is 0. The molecule has 0 saturated carbocycles. The minimum atomic E-state index is -0.144.